The van der Waals surface area contributed by atoms with Crippen molar-refractivity contribution in [1.82, 2.24) is 19.8 Å². The molecule has 0 bridgehead atoms. The van der Waals surface area contributed by atoms with Crippen molar-refractivity contribution in [2.75, 3.05) is 0 Å². The van der Waals surface area contributed by atoms with Crippen LogP contribution in [0.1, 0.15) is 56.2 Å². The van der Waals surface area contributed by atoms with Crippen molar-refractivity contribution in [3.63, 3.8) is 0 Å². The molecule has 1 aliphatic heterocycles. The highest BCUT2D eigenvalue weighted by molar-refractivity contribution is 6.00. The average Bonchev–Trinajstić information content (AvgIpc) is 3.50. The molecule has 1 saturated carbocycles. The molecule has 178 valence electrons. The van der Waals surface area contributed by atoms with Crippen LogP contribution in [-0.2, 0) is 17.9 Å². The second-order valence-corrected chi connectivity index (χ2v) is 10.0. The largest absolute Gasteiger partial charge is 0.463 e. The van der Waals surface area contributed by atoms with E-state index in [-0.39, 0.29) is 24.4 Å². The highest BCUT2D eigenvalue weighted by atomic mass is 16.3. The first kappa shape index (κ1) is 22.4. The van der Waals surface area contributed by atoms with Gasteiger partial charge in [-0.3, -0.25) is 14.6 Å². The van der Waals surface area contributed by atoms with E-state index in [1.54, 1.807) is 17.4 Å². The molecule has 0 saturated heterocycles. The second-order valence-electron chi connectivity index (χ2n) is 10.0. The van der Waals surface area contributed by atoms with Gasteiger partial charge in [-0.1, -0.05) is 32.8 Å². The van der Waals surface area contributed by atoms with Gasteiger partial charge in [-0.25, -0.2) is 0 Å². The molecule has 7 heteroatoms. The fraction of sp³-hybridized carbons (Fsp3) is 0.444. The van der Waals surface area contributed by atoms with Crippen LogP contribution in [0.2, 0.25) is 0 Å². The number of amides is 2. The fourth-order valence-corrected chi connectivity index (χ4v) is 5.42. The lowest BCUT2D eigenvalue weighted by molar-refractivity contribution is -0.134. The summed E-state index contributed by atoms with van der Waals surface area (Å²) in [4.78, 5) is 33.9. The van der Waals surface area contributed by atoms with Crippen molar-refractivity contribution in [3.8, 4) is 11.5 Å². The molecule has 1 N–H and O–H groups in total. The van der Waals surface area contributed by atoms with Crippen molar-refractivity contribution in [2.45, 2.75) is 64.7 Å². The number of nitrogens with one attached hydrogen (secondary N) is 1. The molecule has 2 aliphatic rings. The number of furan rings is 1. The molecule has 0 radical (unpaired) electrons. The summed E-state index contributed by atoms with van der Waals surface area (Å²) in [6.45, 7) is 6.95. The number of hydrogen-bond acceptors (Lipinski definition) is 4. The molecule has 2 amide bonds. The van der Waals surface area contributed by atoms with Crippen LogP contribution in [0.4, 0.5) is 0 Å². The zero-order valence-corrected chi connectivity index (χ0v) is 20.0. The molecule has 7 nitrogen and oxygen atoms in total. The highest BCUT2D eigenvalue weighted by Crippen LogP contribution is 2.35. The Morgan fingerprint density at radius 2 is 1.97 bits per heavy atom. The zero-order chi connectivity index (χ0) is 23.9. The van der Waals surface area contributed by atoms with Crippen LogP contribution in [-0.4, -0.2) is 37.8 Å². The van der Waals surface area contributed by atoms with E-state index in [9.17, 15) is 9.59 Å². The first-order chi connectivity index (χ1) is 16.4. The minimum absolute atomic E-state index is 0.107. The molecule has 5 rings (SSSR count). The summed E-state index contributed by atoms with van der Waals surface area (Å²) < 4.78 is 7.54. The maximum absolute atomic E-state index is 14.0. The van der Waals surface area contributed by atoms with E-state index in [2.05, 4.69) is 24.1 Å². The van der Waals surface area contributed by atoms with Gasteiger partial charge in [-0.2, -0.15) is 0 Å². The lowest BCUT2D eigenvalue weighted by Crippen LogP contribution is -2.65. The van der Waals surface area contributed by atoms with E-state index in [0.29, 0.717) is 29.8 Å². The molecule has 3 aromatic rings. The Morgan fingerprint density at radius 3 is 2.71 bits per heavy atom. The molecular formula is C27H32N4O3. The SMILES string of the molecule is CC1CCCC(NC(=O)C2(C)Cn3c(ccc3-c3ccco3)C(=O)N2Cc2ccccn2)C1C. The number of fused-ring (bicyclic) bond motifs is 1. The van der Waals surface area contributed by atoms with Gasteiger partial charge in [0.1, 0.15) is 17.0 Å². The van der Waals surface area contributed by atoms with E-state index in [1.165, 1.54) is 6.42 Å². The van der Waals surface area contributed by atoms with E-state index in [0.717, 1.165) is 24.2 Å². The standard InChI is InChI=1S/C27H32N4O3/c1-18-8-6-10-21(19(18)2)29-26(33)27(3)17-30-22(24-11-7-15-34-24)12-13-23(30)25(32)31(27)16-20-9-4-5-14-28-20/h4-5,7,9,11-15,18-19,21H,6,8,10,16-17H2,1-3H3,(H,29,33). The first-order valence-corrected chi connectivity index (χ1v) is 12.1. The quantitative estimate of drug-likeness (QED) is 0.608. The minimum atomic E-state index is -1.08. The average molecular weight is 461 g/mol. The molecule has 0 aromatic carbocycles. The normalized spacial score (nSPS) is 26.9. The van der Waals surface area contributed by atoms with Crippen LogP contribution in [0.3, 0.4) is 0 Å². The first-order valence-electron chi connectivity index (χ1n) is 12.1. The molecule has 4 heterocycles. The molecule has 0 spiro atoms. The monoisotopic (exact) mass is 460 g/mol. The lowest BCUT2D eigenvalue weighted by Gasteiger charge is -2.45. The maximum atomic E-state index is 14.0. The molecular weight excluding hydrogens is 428 g/mol. The van der Waals surface area contributed by atoms with Crippen LogP contribution in [0.25, 0.3) is 11.5 Å². The predicted octanol–water partition coefficient (Wildman–Crippen LogP) is 4.50. The Hall–Kier alpha value is -3.35. The van der Waals surface area contributed by atoms with Gasteiger partial charge in [0.05, 0.1) is 30.7 Å². The highest BCUT2D eigenvalue weighted by Gasteiger charge is 2.49. The summed E-state index contributed by atoms with van der Waals surface area (Å²) in [5, 5.41) is 3.33. The Bertz CT molecular complexity index is 1170. The summed E-state index contributed by atoms with van der Waals surface area (Å²) in [5.74, 6) is 1.33. The molecule has 1 aliphatic carbocycles. The maximum Gasteiger partial charge on any atom is 0.271 e. The van der Waals surface area contributed by atoms with Crippen LogP contribution >= 0.6 is 0 Å². The Balaban J connectivity index is 1.52. The van der Waals surface area contributed by atoms with Gasteiger partial charge in [0.15, 0.2) is 0 Å². The van der Waals surface area contributed by atoms with Crippen molar-refractivity contribution < 1.29 is 14.0 Å². The summed E-state index contributed by atoms with van der Waals surface area (Å²) in [5.41, 5.74) is 1.01. The third kappa shape index (κ3) is 3.83. The van der Waals surface area contributed by atoms with Gasteiger partial charge in [0.25, 0.3) is 5.91 Å². The van der Waals surface area contributed by atoms with Gasteiger partial charge in [-0.15, -0.1) is 0 Å². The smallest absolute Gasteiger partial charge is 0.271 e. The summed E-state index contributed by atoms with van der Waals surface area (Å²) in [6, 6.07) is 13.1. The number of carbonyl (C=O) groups excluding carboxylic acids is 2. The van der Waals surface area contributed by atoms with E-state index in [1.807, 2.05) is 54.0 Å². The number of aromatic nitrogens is 2. The van der Waals surface area contributed by atoms with Crippen LogP contribution in [0, 0.1) is 11.8 Å². The van der Waals surface area contributed by atoms with Crippen LogP contribution in [0.15, 0.2) is 59.3 Å². The van der Waals surface area contributed by atoms with Crippen molar-refractivity contribution >= 4 is 11.8 Å². The van der Waals surface area contributed by atoms with Crippen LogP contribution < -0.4 is 5.32 Å². The van der Waals surface area contributed by atoms with Crippen molar-refractivity contribution in [3.05, 3.63) is 66.3 Å². The van der Waals surface area contributed by atoms with Gasteiger partial charge in [-0.05, 0) is 61.6 Å². The van der Waals surface area contributed by atoms with Crippen LogP contribution in [0.5, 0.6) is 0 Å². The summed E-state index contributed by atoms with van der Waals surface area (Å²) >= 11 is 0. The van der Waals surface area contributed by atoms with Gasteiger partial charge in [0, 0.05) is 12.2 Å². The number of nitrogens with zero attached hydrogens (tertiary/aromatic N) is 3. The molecule has 3 aromatic heterocycles. The Kier molecular flexibility index (Phi) is 5.80. The Labute approximate surface area is 200 Å². The number of pyridine rings is 1. The van der Waals surface area contributed by atoms with Gasteiger partial charge in [0.2, 0.25) is 5.91 Å². The van der Waals surface area contributed by atoms with Crippen molar-refractivity contribution in [2.24, 2.45) is 11.8 Å². The molecule has 4 unspecified atom stereocenters. The van der Waals surface area contributed by atoms with Gasteiger partial charge >= 0.3 is 0 Å². The predicted molar refractivity (Wildman–Crippen MR) is 129 cm³/mol. The number of carbonyl (C=O) groups is 2. The summed E-state index contributed by atoms with van der Waals surface area (Å²) in [7, 11) is 0. The third-order valence-electron chi connectivity index (χ3n) is 7.84. The van der Waals surface area contributed by atoms with E-state index < -0.39 is 5.54 Å². The number of hydrogen-bond donors (Lipinski definition) is 1. The summed E-state index contributed by atoms with van der Waals surface area (Å²) in [6.07, 6.45) is 6.59. The van der Waals surface area contributed by atoms with Gasteiger partial charge < -0.3 is 19.2 Å². The minimum Gasteiger partial charge on any atom is -0.463 e. The Morgan fingerprint density at radius 1 is 1.15 bits per heavy atom. The lowest BCUT2D eigenvalue weighted by atomic mass is 9.77. The molecule has 34 heavy (non-hydrogen) atoms. The van der Waals surface area contributed by atoms with E-state index in [4.69, 9.17) is 4.42 Å². The zero-order valence-electron chi connectivity index (χ0n) is 20.0. The molecule has 1 fully saturated rings. The second kappa shape index (κ2) is 8.78. The number of rotatable bonds is 5. The molecule has 4 atom stereocenters. The van der Waals surface area contributed by atoms with Crippen molar-refractivity contribution in [1.29, 1.82) is 0 Å². The van der Waals surface area contributed by atoms with E-state index >= 15 is 0 Å². The fourth-order valence-electron chi connectivity index (χ4n) is 5.42. The topological polar surface area (TPSA) is 80.4 Å². The third-order valence-corrected chi connectivity index (χ3v) is 7.84.